The van der Waals surface area contributed by atoms with Gasteiger partial charge in [-0.15, -0.1) is 0 Å². The summed E-state index contributed by atoms with van der Waals surface area (Å²) in [5, 5.41) is 0.701. The molecule has 102 valence electrons. The first-order valence-electron chi connectivity index (χ1n) is 6.50. The van der Waals surface area contributed by atoms with E-state index in [1.54, 1.807) is 12.1 Å². The summed E-state index contributed by atoms with van der Waals surface area (Å²) < 4.78 is 5.33. The minimum absolute atomic E-state index is 0.268. The lowest BCUT2D eigenvalue weighted by atomic mass is 10.1. The average molecular weight is 277 g/mol. The highest BCUT2D eigenvalue weighted by atomic mass is 16.4. The maximum Gasteiger partial charge on any atom is 0.349 e. The van der Waals surface area contributed by atoms with Gasteiger partial charge in [0.25, 0.3) is 0 Å². The van der Waals surface area contributed by atoms with Crippen molar-refractivity contribution in [2.45, 2.75) is 0 Å². The third-order valence-electron chi connectivity index (χ3n) is 3.48. The van der Waals surface area contributed by atoms with Crippen molar-refractivity contribution in [3.05, 3.63) is 59.0 Å². The molecule has 4 rings (SSSR count). The summed E-state index contributed by atoms with van der Waals surface area (Å²) in [6.07, 6.45) is 0. The lowest BCUT2D eigenvalue weighted by molar-refractivity contribution is 0.563. The molecule has 0 amide bonds. The second-order valence-corrected chi connectivity index (χ2v) is 4.78. The molecular formula is C16H11N3O2. The van der Waals surface area contributed by atoms with Crippen molar-refractivity contribution >= 4 is 27.7 Å². The zero-order chi connectivity index (χ0) is 14.4. The minimum atomic E-state index is -0.495. The molecule has 0 radical (unpaired) electrons. The molecule has 0 fully saturated rings. The third-order valence-corrected chi connectivity index (χ3v) is 3.48. The van der Waals surface area contributed by atoms with Gasteiger partial charge in [-0.05, 0) is 24.3 Å². The van der Waals surface area contributed by atoms with Crippen LogP contribution in [0.25, 0.3) is 33.4 Å². The van der Waals surface area contributed by atoms with Crippen LogP contribution >= 0.6 is 0 Å². The van der Waals surface area contributed by atoms with E-state index >= 15 is 0 Å². The van der Waals surface area contributed by atoms with Crippen molar-refractivity contribution in [3.8, 4) is 11.4 Å². The quantitative estimate of drug-likeness (QED) is 0.524. The topological polar surface area (TPSA) is 84.9 Å². The minimum Gasteiger partial charge on any atom is -0.422 e. The van der Waals surface area contributed by atoms with Gasteiger partial charge in [-0.25, -0.2) is 9.78 Å². The van der Waals surface area contributed by atoms with Crippen LogP contribution in [-0.2, 0) is 0 Å². The molecule has 4 aromatic rings. The van der Waals surface area contributed by atoms with E-state index < -0.39 is 5.63 Å². The van der Waals surface area contributed by atoms with Crippen LogP contribution in [0.4, 0.5) is 5.69 Å². The molecule has 0 saturated carbocycles. The number of rotatable bonds is 1. The molecule has 0 unspecified atom stereocenters. The van der Waals surface area contributed by atoms with E-state index in [2.05, 4.69) is 9.97 Å². The van der Waals surface area contributed by atoms with Crippen molar-refractivity contribution < 1.29 is 4.42 Å². The molecule has 0 saturated heterocycles. The highest BCUT2D eigenvalue weighted by Gasteiger charge is 2.17. The van der Waals surface area contributed by atoms with Crippen LogP contribution in [-0.4, -0.2) is 9.97 Å². The van der Waals surface area contributed by atoms with Crippen LogP contribution < -0.4 is 11.4 Å². The van der Waals surface area contributed by atoms with Crippen molar-refractivity contribution in [2.24, 2.45) is 0 Å². The Bertz CT molecular complexity index is 997. The lowest BCUT2D eigenvalue weighted by Crippen LogP contribution is -2.08. The highest BCUT2D eigenvalue weighted by Crippen LogP contribution is 2.28. The summed E-state index contributed by atoms with van der Waals surface area (Å²) in [5.41, 5.74) is 8.40. The number of aromatic amines is 1. The number of benzene rings is 2. The Morgan fingerprint density at radius 1 is 1.05 bits per heavy atom. The summed E-state index contributed by atoms with van der Waals surface area (Å²) in [6.45, 7) is 0. The standard InChI is InChI=1S/C16H11N3O2/c17-14-9-5-1-4-8-12(9)21-16(20)13(14)15-18-10-6-2-3-7-11(10)19-15/h1-8H,17H2,(H,18,19). The molecule has 0 aliphatic carbocycles. The number of aromatic nitrogens is 2. The Kier molecular flexibility index (Phi) is 2.35. The van der Waals surface area contributed by atoms with Gasteiger partial charge in [0.1, 0.15) is 17.0 Å². The first-order chi connectivity index (χ1) is 10.2. The Morgan fingerprint density at radius 2 is 1.81 bits per heavy atom. The average Bonchev–Trinajstić information content (AvgIpc) is 2.90. The van der Waals surface area contributed by atoms with Crippen LogP contribution in [0.5, 0.6) is 0 Å². The predicted octanol–water partition coefficient (Wildman–Crippen LogP) is 2.92. The Balaban J connectivity index is 2.08. The van der Waals surface area contributed by atoms with Gasteiger partial charge in [0.2, 0.25) is 0 Å². The number of para-hydroxylation sites is 3. The molecule has 21 heavy (non-hydrogen) atoms. The smallest absolute Gasteiger partial charge is 0.349 e. The summed E-state index contributed by atoms with van der Waals surface area (Å²) in [6, 6.07) is 14.7. The van der Waals surface area contributed by atoms with Crippen molar-refractivity contribution in [2.75, 3.05) is 5.73 Å². The van der Waals surface area contributed by atoms with E-state index in [4.69, 9.17) is 10.2 Å². The molecule has 0 aliphatic rings. The summed E-state index contributed by atoms with van der Waals surface area (Å²) in [5.74, 6) is 0.424. The fourth-order valence-electron chi connectivity index (χ4n) is 2.47. The van der Waals surface area contributed by atoms with Gasteiger partial charge in [0, 0.05) is 5.39 Å². The molecule has 0 bridgehead atoms. The number of hydrogen-bond donors (Lipinski definition) is 2. The molecule has 2 aromatic heterocycles. The highest BCUT2D eigenvalue weighted by molar-refractivity contribution is 5.96. The molecule has 5 heteroatoms. The Morgan fingerprint density at radius 3 is 2.67 bits per heavy atom. The second-order valence-electron chi connectivity index (χ2n) is 4.78. The molecule has 5 nitrogen and oxygen atoms in total. The first-order valence-corrected chi connectivity index (χ1v) is 6.50. The van der Waals surface area contributed by atoms with Crippen molar-refractivity contribution in [1.29, 1.82) is 0 Å². The number of anilines is 1. The van der Waals surface area contributed by atoms with E-state index in [1.807, 2.05) is 36.4 Å². The van der Waals surface area contributed by atoms with Gasteiger partial charge in [-0.3, -0.25) is 0 Å². The van der Waals surface area contributed by atoms with Gasteiger partial charge < -0.3 is 15.1 Å². The van der Waals surface area contributed by atoms with E-state index in [9.17, 15) is 4.79 Å². The van der Waals surface area contributed by atoms with E-state index in [-0.39, 0.29) is 5.56 Å². The fourth-order valence-corrected chi connectivity index (χ4v) is 2.47. The number of nitrogens with zero attached hydrogens (tertiary/aromatic N) is 1. The number of H-pyrrole nitrogens is 1. The number of nitrogens with one attached hydrogen (secondary N) is 1. The maximum atomic E-state index is 12.2. The van der Waals surface area contributed by atoms with Gasteiger partial charge in [0.05, 0.1) is 16.7 Å². The molecule has 0 aliphatic heterocycles. The van der Waals surface area contributed by atoms with Crippen molar-refractivity contribution in [1.82, 2.24) is 9.97 Å². The molecule has 3 N–H and O–H groups in total. The molecular weight excluding hydrogens is 266 g/mol. The Hall–Kier alpha value is -3.08. The Labute approximate surface area is 119 Å². The van der Waals surface area contributed by atoms with Crippen LogP contribution in [0.2, 0.25) is 0 Å². The number of nitrogens with two attached hydrogens (primary N) is 1. The third kappa shape index (κ3) is 1.71. The first kappa shape index (κ1) is 11.7. The molecule has 0 atom stereocenters. The summed E-state index contributed by atoms with van der Waals surface area (Å²) >= 11 is 0. The van der Waals surface area contributed by atoms with Gasteiger partial charge in [-0.2, -0.15) is 0 Å². The zero-order valence-electron chi connectivity index (χ0n) is 11.0. The van der Waals surface area contributed by atoms with Crippen LogP contribution in [0.15, 0.2) is 57.7 Å². The largest absolute Gasteiger partial charge is 0.422 e. The predicted molar refractivity (Wildman–Crippen MR) is 82.0 cm³/mol. The normalized spacial score (nSPS) is 11.2. The number of imidazole rings is 1. The number of nitrogen functional groups attached to an aromatic ring is 1. The van der Waals surface area contributed by atoms with Crippen molar-refractivity contribution in [3.63, 3.8) is 0 Å². The zero-order valence-corrected chi connectivity index (χ0v) is 11.0. The van der Waals surface area contributed by atoms with Gasteiger partial charge >= 0.3 is 5.63 Å². The van der Waals surface area contributed by atoms with Crippen LogP contribution in [0, 0.1) is 0 Å². The lowest BCUT2D eigenvalue weighted by Gasteiger charge is -2.04. The monoisotopic (exact) mass is 277 g/mol. The van der Waals surface area contributed by atoms with E-state index in [1.165, 1.54) is 0 Å². The van der Waals surface area contributed by atoms with Gasteiger partial charge in [-0.1, -0.05) is 24.3 Å². The maximum absolute atomic E-state index is 12.2. The van der Waals surface area contributed by atoms with Crippen LogP contribution in [0.3, 0.4) is 0 Å². The van der Waals surface area contributed by atoms with E-state index in [0.29, 0.717) is 22.5 Å². The number of hydrogen-bond acceptors (Lipinski definition) is 4. The van der Waals surface area contributed by atoms with Gasteiger partial charge in [0.15, 0.2) is 0 Å². The number of fused-ring (bicyclic) bond motifs is 2. The molecule has 2 aromatic carbocycles. The van der Waals surface area contributed by atoms with E-state index in [0.717, 1.165) is 11.0 Å². The summed E-state index contributed by atoms with van der Waals surface area (Å²) in [4.78, 5) is 19.7. The fraction of sp³-hybridized carbons (Fsp3) is 0. The second kappa shape index (κ2) is 4.21. The SMILES string of the molecule is Nc1c(-c2nc3ccccc3[nH]2)c(=O)oc2ccccc12. The van der Waals surface area contributed by atoms with Crippen LogP contribution in [0.1, 0.15) is 0 Å². The summed E-state index contributed by atoms with van der Waals surface area (Å²) in [7, 11) is 0. The molecule has 0 spiro atoms. The molecule has 2 heterocycles.